The number of hydrogen-bond donors (Lipinski definition) is 3. The molecular weight excluding hydrogens is 272 g/mol. The van der Waals surface area contributed by atoms with Crippen molar-refractivity contribution in [2.75, 3.05) is 13.1 Å². The summed E-state index contributed by atoms with van der Waals surface area (Å²) >= 11 is 0. The van der Waals surface area contributed by atoms with Crippen LogP contribution in [0.2, 0.25) is 0 Å². The lowest BCUT2D eigenvalue weighted by atomic mass is 9.83. The first-order valence-corrected chi connectivity index (χ1v) is 7.26. The van der Waals surface area contributed by atoms with Crippen molar-refractivity contribution in [2.24, 2.45) is 5.41 Å². The number of H-pyrrole nitrogens is 1. The molecule has 2 amide bonds. The third-order valence-electron chi connectivity index (χ3n) is 4.09. The van der Waals surface area contributed by atoms with Crippen molar-refractivity contribution < 1.29 is 14.7 Å². The molecule has 21 heavy (non-hydrogen) atoms. The normalized spacial score (nSPS) is 23.0. The van der Waals surface area contributed by atoms with Crippen LogP contribution in [-0.2, 0) is 4.79 Å². The lowest BCUT2D eigenvalue weighted by molar-refractivity contribution is -0.148. The minimum atomic E-state index is -0.807. The van der Waals surface area contributed by atoms with Gasteiger partial charge in [-0.25, -0.2) is 9.78 Å². The first kappa shape index (κ1) is 15.3. The summed E-state index contributed by atoms with van der Waals surface area (Å²) < 4.78 is 0. The standard InChI is InChI=1S/C14H22N4O3/c1-3-4-14(12(19)20)5-8-18(9-14)13(21)17-10(2)11-15-6-7-16-11/h6-7,10H,3-5,8-9H2,1-2H3,(H,15,16)(H,17,21)(H,19,20). The molecule has 2 atom stereocenters. The molecular formula is C14H22N4O3. The summed E-state index contributed by atoms with van der Waals surface area (Å²) in [6, 6.07) is -0.475. The van der Waals surface area contributed by atoms with Crippen molar-refractivity contribution in [2.45, 2.75) is 39.2 Å². The van der Waals surface area contributed by atoms with Gasteiger partial charge in [0.15, 0.2) is 0 Å². The van der Waals surface area contributed by atoms with E-state index in [1.165, 1.54) is 0 Å². The zero-order chi connectivity index (χ0) is 15.5. The van der Waals surface area contributed by atoms with Crippen LogP contribution in [0, 0.1) is 5.41 Å². The highest BCUT2D eigenvalue weighted by atomic mass is 16.4. The number of nitrogens with one attached hydrogen (secondary N) is 2. The molecule has 1 aromatic rings. The molecule has 0 aromatic carbocycles. The topological polar surface area (TPSA) is 98.3 Å². The fourth-order valence-electron chi connectivity index (χ4n) is 2.87. The Morgan fingerprint density at radius 3 is 2.95 bits per heavy atom. The number of carboxylic acid groups (broad SMARTS) is 1. The maximum Gasteiger partial charge on any atom is 0.318 e. The molecule has 0 aliphatic carbocycles. The van der Waals surface area contributed by atoms with Crippen molar-refractivity contribution in [3.8, 4) is 0 Å². The second kappa shape index (κ2) is 6.15. The van der Waals surface area contributed by atoms with Crippen molar-refractivity contribution in [1.82, 2.24) is 20.2 Å². The van der Waals surface area contributed by atoms with Crippen LogP contribution in [0.3, 0.4) is 0 Å². The van der Waals surface area contributed by atoms with E-state index < -0.39 is 11.4 Å². The van der Waals surface area contributed by atoms with Gasteiger partial charge in [0.2, 0.25) is 0 Å². The molecule has 0 saturated carbocycles. The second-order valence-electron chi connectivity index (χ2n) is 5.65. The van der Waals surface area contributed by atoms with Gasteiger partial charge in [-0.05, 0) is 19.8 Å². The Hall–Kier alpha value is -2.05. The molecule has 7 nitrogen and oxygen atoms in total. The van der Waals surface area contributed by atoms with Gasteiger partial charge in [-0.15, -0.1) is 0 Å². The van der Waals surface area contributed by atoms with Crippen molar-refractivity contribution in [1.29, 1.82) is 0 Å². The molecule has 1 aliphatic rings. The van der Waals surface area contributed by atoms with E-state index >= 15 is 0 Å². The molecule has 0 bridgehead atoms. The van der Waals surface area contributed by atoms with E-state index in [1.807, 2.05) is 13.8 Å². The smallest absolute Gasteiger partial charge is 0.318 e. The van der Waals surface area contributed by atoms with Gasteiger partial charge in [0, 0.05) is 25.5 Å². The van der Waals surface area contributed by atoms with Crippen LogP contribution in [-0.4, -0.2) is 45.1 Å². The molecule has 1 aromatic heterocycles. The van der Waals surface area contributed by atoms with Crippen LogP contribution >= 0.6 is 0 Å². The van der Waals surface area contributed by atoms with Gasteiger partial charge in [-0.3, -0.25) is 4.79 Å². The largest absolute Gasteiger partial charge is 0.481 e. The number of aromatic nitrogens is 2. The predicted octanol–water partition coefficient (Wildman–Crippen LogP) is 1.76. The van der Waals surface area contributed by atoms with Crippen LogP contribution in [0.15, 0.2) is 12.4 Å². The van der Waals surface area contributed by atoms with Crippen LogP contribution in [0.1, 0.15) is 45.0 Å². The highest BCUT2D eigenvalue weighted by Crippen LogP contribution is 2.35. The number of carboxylic acids is 1. The Morgan fingerprint density at radius 1 is 1.62 bits per heavy atom. The van der Waals surface area contributed by atoms with Crippen molar-refractivity contribution in [3.05, 3.63) is 18.2 Å². The summed E-state index contributed by atoms with van der Waals surface area (Å²) in [5.41, 5.74) is -0.792. The molecule has 7 heteroatoms. The summed E-state index contributed by atoms with van der Waals surface area (Å²) in [6.45, 7) is 4.55. The zero-order valence-corrected chi connectivity index (χ0v) is 12.4. The van der Waals surface area contributed by atoms with Crippen LogP contribution in [0.5, 0.6) is 0 Å². The Labute approximate surface area is 123 Å². The third kappa shape index (κ3) is 3.17. The number of hydrogen-bond acceptors (Lipinski definition) is 3. The van der Waals surface area contributed by atoms with Crippen LogP contribution in [0.4, 0.5) is 4.79 Å². The van der Waals surface area contributed by atoms with Crippen LogP contribution < -0.4 is 5.32 Å². The number of aromatic amines is 1. The van der Waals surface area contributed by atoms with Gasteiger partial charge in [-0.1, -0.05) is 13.3 Å². The molecule has 116 valence electrons. The van der Waals surface area contributed by atoms with Crippen LogP contribution in [0.25, 0.3) is 0 Å². The first-order chi connectivity index (χ1) is 9.98. The van der Waals surface area contributed by atoms with Gasteiger partial charge >= 0.3 is 12.0 Å². The number of likely N-dealkylation sites (tertiary alicyclic amines) is 1. The predicted molar refractivity (Wildman–Crippen MR) is 76.7 cm³/mol. The molecule has 0 radical (unpaired) electrons. The monoisotopic (exact) mass is 294 g/mol. The Balaban J connectivity index is 1.97. The summed E-state index contributed by atoms with van der Waals surface area (Å²) in [6.07, 6.45) is 5.23. The Kier molecular flexibility index (Phi) is 4.50. The number of rotatable bonds is 5. The SMILES string of the molecule is CCCC1(C(=O)O)CCN(C(=O)NC(C)c2ncc[nH]2)C1. The molecule has 1 saturated heterocycles. The van der Waals surface area contributed by atoms with Gasteiger partial charge < -0.3 is 20.3 Å². The molecule has 1 aliphatic heterocycles. The van der Waals surface area contributed by atoms with Crippen molar-refractivity contribution in [3.63, 3.8) is 0 Å². The van der Waals surface area contributed by atoms with Crippen molar-refractivity contribution >= 4 is 12.0 Å². The Bertz CT molecular complexity index is 502. The van der Waals surface area contributed by atoms with E-state index in [1.54, 1.807) is 17.3 Å². The van der Waals surface area contributed by atoms with E-state index in [4.69, 9.17) is 0 Å². The van der Waals surface area contributed by atoms with Gasteiger partial charge in [-0.2, -0.15) is 0 Å². The fourth-order valence-corrected chi connectivity index (χ4v) is 2.87. The maximum absolute atomic E-state index is 12.2. The number of urea groups is 1. The molecule has 2 unspecified atom stereocenters. The average Bonchev–Trinajstić information content (AvgIpc) is 3.09. The number of imidazole rings is 1. The molecule has 2 heterocycles. The molecule has 1 fully saturated rings. The number of aliphatic carboxylic acids is 1. The third-order valence-corrected chi connectivity index (χ3v) is 4.09. The average molecular weight is 294 g/mol. The minimum absolute atomic E-state index is 0.237. The van der Waals surface area contributed by atoms with Gasteiger partial charge in [0.05, 0.1) is 11.5 Å². The quantitative estimate of drug-likeness (QED) is 0.770. The fraction of sp³-hybridized carbons (Fsp3) is 0.643. The lowest BCUT2D eigenvalue weighted by Crippen LogP contribution is -2.42. The van der Waals surface area contributed by atoms with E-state index in [9.17, 15) is 14.7 Å². The van der Waals surface area contributed by atoms with Gasteiger partial charge in [0.25, 0.3) is 0 Å². The number of carbonyl (C=O) groups excluding carboxylic acids is 1. The molecule has 2 rings (SSSR count). The number of amides is 2. The zero-order valence-electron chi connectivity index (χ0n) is 12.4. The maximum atomic E-state index is 12.2. The lowest BCUT2D eigenvalue weighted by Gasteiger charge is -2.25. The minimum Gasteiger partial charge on any atom is -0.481 e. The second-order valence-corrected chi connectivity index (χ2v) is 5.65. The molecule has 3 N–H and O–H groups in total. The summed E-state index contributed by atoms with van der Waals surface area (Å²) in [7, 11) is 0. The number of nitrogens with zero attached hydrogens (tertiary/aromatic N) is 2. The highest BCUT2D eigenvalue weighted by Gasteiger charge is 2.45. The first-order valence-electron chi connectivity index (χ1n) is 7.26. The van der Waals surface area contributed by atoms with E-state index in [0.717, 1.165) is 6.42 Å². The summed E-state index contributed by atoms with van der Waals surface area (Å²) in [4.78, 5) is 32.4. The summed E-state index contributed by atoms with van der Waals surface area (Å²) in [5.74, 6) is -0.126. The van der Waals surface area contributed by atoms with E-state index in [-0.39, 0.29) is 18.6 Å². The highest BCUT2D eigenvalue weighted by molar-refractivity contribution is 5.79. The van der Waals surface area contributed by atoms with E-state index in [0.29, 0.717) is 25.2 Å². The molecule has 0 spiro atoms. The Morgan fingerprint density at radius 2 is 2.38 bits per heavy atom. The number of carbonyl (C=O) groups is 2. The van der Waals surface area contributed by atoms with E-state index in [2.05, 4.69) is 15.3 Å². The summed E-state index contributed by atoms with van der Waals surface area (Å²) in [5, 5.41) is 12.3. The van der Waals surface area contributed by atoms with Gasteiger partial charge in [0.1, 0.15) is 5.82 Å².